The maximum atomic E-state index is 2.41. The van der Waals surface area contributed by atoms with Crippen LogP contribution >= 0.6 is 0 Å². The van der Waals surface area contributed by atoms with Gasteiger partial charge in [-0.25, -0.2) is 0 Å². The molecule has 0 spiro atoms. The van der Waals surface area contributed by atoms with E-state index in [4.69, 9.17) is 0 Å². The Morgan fingerprint density at radius 1 is 0.710 bits per heavy atom. The molecule has 0 unspecified atom stereocenters. The predicted octanol–water partition coefficient (Wildman–Crippen LogP) is 8.91. The average Bonchev–Trinajstić information content (AvgIpc) is 2.79. The molecule has 1 aliphatic rings. The molecule has 0 heteroatoms. The van der Waals surface area contributed by atoms with Crippen molar-refractivity contribution in [3.63, 3.8) is 0 Å². The summed E-state index contributed by atoms with van der Waals surface area (Å²) in [5.41, 5.74) is 6.92. The summed E-state index contributed by atoms with van der Waals surface area (Å²) in [7, 11) is 0. The summed E-state index contributed by atoms with van der Waals surface area (Å²) in [4.78, 5) is 0. The molecule has 6 rings (SSSR count). The Hall–Kier alpha value is -3.38. The molecular formula is C31H26. The monoisotopic (exact) mass is 398 g/mol. The second-order valence-electron chi connectivity index (χ2n) is 8.97. The van der Waals surface area contributed by atoms with Crippen LogP contribution in [0.15, 0.2) is 66.7 Å². The first-order chi connectivity index (χ1) is 15.1. The van der Waals surface area contributed by atoms with E-state index in [1.165, 1.54) is 70.9 Å². The molecule has 0 saturated heterocycles. The SMILES string of the molecule is C/C=C\c1c(C)ccc2cc3cc4cc5c6c(ccc5cc4c(C)c3cc12)CCC=C6. The molecule has 0 atom stereocenters. The highest BCUT2D eigenvalue weighted by Crippen LogP contribution is 2.37. The molecule has 0 nitrogen and oxygen atoms in total. The Morgan fingerprint density at radius 2 is 1.42 bits per heavy atom. The van der Waals surface area contributed by atoms with Crippen molar-refractivity contribution in [1.82, 2.24) is 0 Å². The number of hydrogen-bond donors (Lipinski definition) is 0. The maximum Gasteiger partial charge on any atom is -0.0102 e. The van der Waals surface area contributed by atoms with Crippen molar-refractivity contribution >= 4 is 55.2 Å². The molecule has 1 aliphatic carbocycles. The number of allylic oxidation sites excluding steroid dienone is 2. The zero-order valence-corrected chi connectivity index (χ0v) is 18.4. The second kappa shape index (κ2) is 6.82. The summed E-state index contributed by atoms with van der Waals surface area (Å²) >= 11 is 0. The minimum atomic E-state index is 1.15. The molecule has 0 heterocycles. The third-order valence-electron chi connectivity index (χ3n) is 7.09. The molecular weight excluding hydrogens is 372 g/mol. The smallest absolute Gasteiger partial charge is 0.0102 e. The Balaban J connectivity index is 1.72. The molecule has 5 aromatic rings. The first-order valence-electron chi connectivity index (χ1n) is 11.3. The lowest BCUT2D eigenvalue weighted by molar-refractivity contribution is 0.990. The van der Waals surface area contributed by atoms with Gasteiger partial charge in [0.2, 0.25) is 0 Å². The van der Waals surface area contributed by atoms with E-state index in [0.29, 0.717) is 0 Å². The van der Waals surface area contributed by atoms with Crippen molar-refractivity contribution in [2.45, 2.75) is 33.6 Å². The van der Waals surface area contributed by atoms with Crippen molar-refractivity contribution < 1.29 is 0 Å². The Labute approximate surface area is 183 Å². The van der Waals surface area contributed by atoms with Crippen LogP contribution in [0.25, 0.3) is 55.2 Å². The third-order valence-corrected chi connectivity index (χ3v) is 7.09. The highest BCUT2D eigenvalue weighted by atomic mass is 14.2. The molecule has 31 heavy (non-hydrogen) atoms. The van der Waals surface area contributed by atoms with Crippen LogP contribution in [0.1, 0.15) is 41.2 Å². The van der Waals surface area contributed by atoms with Crippen molar-refractivity contribution in [2.24, 2.45) is 0 Å². The Morgan fingerprint density at radius 3 is 2.29 bits per heavy atom. The van der Waals surface area contributed by atoms with Crippen LogP contribution in [0.3, 0.4) is 0 Å². The van der Waals surface area contributed by atoms with Gasteiger partial charge in [0.05, 0.1) is 0 Å². The van der Waals surface area contributed by atoms with E-state index < -0.39 is 0 Å². The van der Waals surface area contributed by atoms with E-state index >= 15 is 0 Å². The summed E-state index contributed by atoms with van der Waals surface area (Å²) in [6.07, 6.45) is 11.3. The van der Waals surface area contributed by atoms with Gasteiger partial charge < -0.3 is 0 Å². The summed E-state index contributed by atoms with van der Waals surface area (Å²) in [6.45, 7) is 6.58. The molecule has 5 aromatic carbocycles. The van der Waals surface area contributed by atoms with E-state index in [2.05, 4.69) is 99.7 Å². The molecule has 0 amide bonds. The van der Waals surface area contributed by atoms with Crippen LogP contribution in [0.5, 0.6) is 0 Å². The summed E-state index contributed by atoms with van der Waals surface area (Å²) in [5.74, 6) is 0. The van der Waals surface area contributed by atoms with E-state index in [9.17, 15) is 0 Å². The van der Waals surface area contributed by atoms with E-state index in [1.807, 2.05) is 0 Å². The van der Waals surface area contributed by atoms with Crippen LogP contribution in [0, 0.1) is 13.8 Å². The van der Waals surface area contributed by atoms with E-state index in [1.54, 1.807) is 0 Å². The number of aryl methyl sites for hydroxylation is 3. The first kappa shape index (κ1) is 18.4. The summed E-state index contributed by atoms with van der Waals surface area (Å²) < 4.78 is 0. The Kier molecular flexibility index (Phi) is 4.05. The molecule has 150 valence electrons. The van der Waals surface area contributed by atoms with Gasteiger partial charge in [0.1, 0.15) is 0 Å². The Bertz CT molecular complexity index is 1590. The molecule has 0 aliphatic heterocycles. The molecule has 0 fully saturated rings. The first-order valence-corrected chi connectivity index (χ1v) is 11.3. The molecule has 0 aromatic heterocycles. The second-order valence-corrected chi connectivity index (χ2v) is 8.97. The van der Waals surface area contributed by atoms with Gasteiger partial charge in [0.15, 0.2) is 0 Å². The van der Waals surface area contributed by atoms with Crippen LogP contribution in [0.4, 0.5) is 0 Å². The standard InChI is InChI=1S/C31H26/c1-4-7-26-19(2)10-11-22-14-24-15-25-17-30-23(13-12-21-8-5-6-9-27(21)30)16-28(25)20(3)29(24)18-31(22)26/h4,6-7,9-18H,5,8H2,1-3H3/b7-4-. The van der Waals surface area contributed by atoms with Crippen molar-refractivity contribution in [3.8, 4) is 0 Å². The van der Waals surface area contributed by atoms with Gasteiger partial charge in [-0.15, -0.1) is 0 Å². The van der Waals surface area contributed by atoms with Gasteiger partial charge in [0.25, 0.3) is 0 Å². The average molecular weight is 399 g/mol. The largest absolute Gasteiger partial charge is 0.0870 e. The van der Waals surface area contributed by atoms with Crippen LogP contribution < -0.4 is 0 Å². The maximum absolute atomic E-state index is 2.41. The lowest BCUT2D eigenvalue weighted by Gasteiger charge is -2.16. The van der Waals surface area contributed by atoms with Gasteiger partial charge in [-0.05, 0) is 135 Å². The fourth-order valence-electron chi connectivity index (χ4n) is 5.42. The molecule has 0 saturated carbocycles. The minimum absolute atomic E-state index is 1.15. The zero-order valence-electron chi connectivity index (χ0n) is 18.4. The third kappa shape index (κ3) is 2.75. The molecule has 0 N–H and O–H groups in total. The molecule has 0 bridgehead atoms. The molecule has 0 radical (unpaired) electrons. The fraction of sp³-hybridized carbons (Fsp3) is 0.161. The van der Waals surface area contributed by atoms with Gasteiger partial charge in [-0.1, -0.05) is 48.6 Å². The summed E-state index contributed by atoms with van der Waals surface area (Å²) in [5, 5.41) is 10.8. The van der Waals surface area contributed by atoms with Crippen molar-refractivity contribution in [2.75, 3.05) is 0 Å². The van der Waals surface area contributed by atoms with Gasteiger partial charge >= 0.3 is 0 Å². The fourth-order valence-corrected chi connectivity index (χ4v) is 5.42. The quantitative estimate of drug-likeness (QED) is 0.247. The lowest BCUT2D eigenvalue weighted by Crippen LogP contribution is -1.95. The normalized spacial score (nSPS) is 13.8. The van der Waals surface area contributed by atoms with E-state index in [0.717, 1.165) is 12.8 Å². The van der Waals surface area contributed by atoms with Crippen LogP contribution in [-0.4, -0.2) is 0 Å². The lowest BCUT2D eigenvalue weighted by atomic mass is 9.88. The van der Waals surface area contributed by atoms with Crippen LogP contribution in [0.2, 0.25) is 0 Å². The number of benzene rings is 5. The van der Waals surface area contributed by atoms with Crippen molar-refractivity contribution in [1.29, 1.82) is 0 Å². The van der Waals surface area contributed by atoms with Crippen LogP contribution in [-0.2, 0) is 6.42 Å². The van der Waals surface area contributed by atoms with Gasteiger partial charge in [-0.3, -0.25) is 0 Å². The number of hydrogen-bond acceptors (Lipinski definition) is 0. The topological polar surface area (TPSA) is 0 Å². The number of fused-ring (bicyclic) bond motifs is 6. The zero-order chi connectivity index (χ0) is 21.1. The van der Waals surface area contributed by atoms with Gasteiger partial charge in [0, 0.05) is 0 Å². The highest BCUT2D eigenvalue weighted by molar-refractivity contribution is 6.12. The minimum Gasteiger partial charge on any atom is -0.0870 e. The van der Waals surface area contributed by atoms with Gasteiger partial charge in [-0.2, -0.15) is 0 Å². The number of rotatable bonds is 1. The van der Waals surface area contributed by atoms with E-state index in [-0.39, 0.29) is 0 Å². The highest BCUT2D eigenvalue weighted by Gasteiger charge is 2.13. The summed E-state index contributed by atoms with van der Waals surface area (Å²) in [6, 6.07) is 21.1. The predicted molar refractivity (Wildman–Crippen MR) is 138 cm³/mol. The van der Waals surface area contributed by atoms with Crippen molar-refractivity contribution in [3.05, 3.63) is 94.6 Å².